The molecule has 0 aliphatic carbocycles. The van der Waals surface area contributed by atoms with Gasteiger partial charge in [0.2, 0.25) is 0 Å². The summed E-state index contributed by atoms with van der Waals surface area (Å²) in [7, 11) is -9.86. The fourth-order valence-corrected chi connectivity index (χ4v) is 2.71. The fraction of sp³-hybridized carbons (Fsp3) is 0. The average Bonchev–Trinajstić information content (AvgIpc) is 2.35. The maximum absolute atomic E-state index is 13.6. The van der Waals surface area contributed by atoms with Crippen LogP contribution in [0.25, 0.3) is 0 Å². The largest absolute Gasteiger partial charge is 0.423 e. The number of benzene rings is 2. The van der Waals surface area contributed by atoms with E-state index in [1.54, 1.807) is 0 Å². The van der Waals surface area contributed by atoms with Crippen molar-refractivity contribution in [1.82, 2.24) is 0 Å². The number of esters is 1. The zero-order valence-electron chi connectivity index (χ0n) is 11.2. The summed E-state index contributed by atoms with van der Waals surface area (Å²) in [4.78, 5) is 9.51. The quantitative estimate of drug-likeness (QED) is 0.306. The van der Waals surface area contributed by atoms with Crippen molar-refractivity contribution in [1.29, 1.82) is 0 Å². The minimum absolute atomic E-state index is 0.00859. The molecule has 0 spiro atoms. The average molecular weight is 439 g/mol. The maximum Gasteiger partial charge on any atom is 0.349 e. The topological polar surface area (TPSA) is 26.3 Å². The highest BCUT2D eigenvalue weighted by Crippen LogP contribution is 3.02. The van der Waals surface area contributed by atoms with E-state index in [1.807, 2.05) is 0 Å². The molecule has 2 rings (SSSR count). The van der Waals surface area contributed by atoms with Gasteiger partial charge in [0.25, 0.3) is 0 Å². The van der Waals surface area contributed by atoms with E-state index in [0.717, 1.165) is 12.1 Å². The second kappa shape index (κ2) is 5.12. The molecular weight excluding hydrogens is 433 g/mol. The molecule has 0 amide bonds. The molecule has 0 heterocycles. The molecule has 2 aromatic rings. The summed E-state index contributed by atoms with van der Waals surface area (Å²) in [5, 5.41) is 0. The lowest BCUT2D eigenvalue weighted by Crippen LogP contribution is -2.13. The molecule has 0 N–H and O–H groups in total. The zero-order chi connectivity index (χ0) is 18.4. The summed E-state index contributed by atoms with van der Waals surface area (Å²) in [6.45, 7) is 0. The molecular formula is C13H6BrF7O2S. The van der Waals surface area contributed by atoms with E-state index in [9.17, 15) is 33.0 Å². The molecule has 0 aliphatic heterocycles. The highest BCUT2D eigenvalue weighted by molar-refractivity contribution is 9.10. The van der Waals surface area contributed by atoms with Gasteiger partial charge < -0.3 is 4.74 Å². The lowest BCUT2D eigenvalue weighted by Gasteiger charge is -2.40. The van der Waals surface area contributed by atoms with E-state index in [1.165, 1.54) is 0 Å². The Morgan fingerprint density at radius 1 is 0.917 bits per heavy atom. The Balaban J connectivity index is 2.29. The van der Waals surface area contributed by atoms with Gasteiger partial charge in [0.1, 0.15) is 27.8 Å². The van der Waals surface area contributed by atoms with E-state index < -0.39 is 44.0 Å². The standard InChI is InChI=1S/C13H6BrF7O2S/c14-7-5-10(15)12(11(16)6-7)13(22)23-8-1-3-9(4-2-8)24(17,18,19,20)21/h1-6H. The molecule has 11 heteroatoms. The van der Waals surface area contributed by atoms with E-state index in [0.29, 0.717) is 12.1 Å². The SMILES string of the molecule is O=C(Oc1ccc(S(F)(F)(F)(F)F)cc1)c1c(F)cc(Br)cc1F. The van der Waals surface area contributed by atoms with Crippen molar-refractivity contribution >= 4 is 32.1 Å². The van der Waals surface area contributed by atoms with Gasteiger partial charge in [0.05, 0.1) is 0 Å². The Hall–Kier alpha value is -1.75. The van der Waals surface area contributed by atoms with E-state index in [2.05, 4.69) is 20.7 Å². The molecule has 0 atom stereocenters. The lowest BCUT2D eigenvalue weighted by molar-refractivity contribution is 0.0724. The van der Waals surface area contributed by atoms with E-state index >= 15 is 0 Å². The van der Waals surface area contributed by atoms with Crippen molar-refractivity contribution in [3.05, 3.63) is 58.1 Å². The summed E-state index contributed by atoms with van der Waals surface area (Å²) < 4.78 is 94.3. The summed E-state index contributed by atoms with van der Waals surface area (Å²) in [5.74, 6) is -4.66. The van der Waals surface area contributed by atoms with Crippen molar-refractivity contribution in [2.45, 2.75) is 4.90 Å². The van der Waals surface area contributed by atoms with Crippen LogP contribution < -0.4 is 4.74 Å². The minimum atomic E-state index is -9.86. The second-order valence-corrected chi connectivity index (χ2v) is 7.90. The molecule has 0 radical (unpaired) electrons. The molecule has 0 saturated heterocycles. The highest BCUT2D eigenvalue weighted by Gasteiger charge is 2.65. The van der Waals surface area contributed by atoms with Crippen LogP contribution >= 0.6 is 26.2 Å². The van der Waals surface area contributed by atoms with Crippen LogP contribution in [0.3, 0.4) is 0 Å². The van der Waals surface area contributed by atoms with Gasteiger partial charge in [0, 0.05) is 4.47 Å². The van der Waals surface area contributed by atoms with Crippen LogP contribution in [0, 0.1) is 11.6 Å². The first kappa shape index (κ1) is 18.6. The van der Waals surface area contributed by atoms with Crippen LogP contribution in [0.5, 0.6) is 5.75 Å². The number of rotatable bonds is 3. The van der Waals surface area contributed by atoms with Crippen LogP contribution in [-0.2, 0) is 0 Å². The molecule has 2 aromatic carbocycles. The van der Waals surface area contributed by atoms with Crippen LogP contribution in [0.15, 0.2) is 45.8 Å². The molecule has 24 heavy (non-hydrogen) atoms. The van der Waals surface area contributed by atoms with E-state index in [-0.39, 0.29) is 16.6 Å². The Kier molecular flexibility index (Phi) is 3.97. The third kappa shape index (κ3) is 4.20. The molecule has 0 saturated carbocycles. The van der Waals surface area contributed by atoms with Crippen LogP contribution in [-0.4, -0.2) is 5.97 Å². The maximum atomic E-state index is 13.6. The van der Waals surface area contributed by atoms with Gasteiger partial charge >= 0.3 is 16.2 Å². The molecule has 0 aliphatic rings. The van der Waals surface area contributed by atoms with Crippen molar-refractivity contribution in [2.75, 3.05) is 0 Å². The Labute approximate surface area is 139 Å². The summed E-state index contributed by atoms with van der Waals surface area (Å²) in [6, 6.07) is 2.46. The molecule has 0 unspecified atom stereocenters. The molecule has 0 fully saturated rings. The number of hydrogen-bond donors (Lipinski definition) is 0. The number of carbonyl (C=O) groups excluding carboxylic acids is 1. The minimum Gasteiger partial charge on any atom is -0.423 e. The van der Waals surface area contributed by atoms with Crippen molar-refractivity contribution < 1.29 is 37.7 Å². The van der Waals surface area contributed by atoms with Gasteiger partial charge in [-0.2, -0.15) is 0 Å². The number of ether oxygens (including phenoxy) is 1. The van der Waals surface area contributed by atoms with Gasteiger partial charge in [-0.1, -0.05) is 35.4 Å². The lowest BCUT2D eigenvalue weighted by atomic mass is 10.2. The third-order valence-corrected chi connectivity index (χ3v) is 4.31. The smallest absolute Gasteiger partial charge is 0.349 e. The van der Waals surface area contributed by atoms with E-state index in [4.69, 9.17) is 0 Å². The third-order valence-electron chi connectivity index (χ3n) is 2.69. The van der Waals surface area contributed by atoms with Crippen molar-refractivity contribution in [3.8, 4) is 5.75 Å². The first-order chi connectivity index (χ1) is 10.7. The van der Waals surface area contributed by atoms with Gasteiger partial charge in [-0.15, -0.1) is 0 Å². The second-order valence-electron chi connectivity index (χ2n) is 4.57. The van der Waals surface area contributed by atoms with Crippen molar-refractivity contribution in [2.24, 2.45) is 0 Å². The van der Waals surface area contributed by atoms with Gasteiger partial charge in [0.15, 0.2) is 0 Å². The van der Waals surface area contributed by atoms with Gasteiger partial charge in [-0.25, -0.2) is 13.6 Å². The Morgan fingerprint density at radius 2 is 1.38 bits per heavy atom. The zero-order valence-corrected chi connectivity index (χ0v) is 13.6. The van der Waals surface area contributed by atoms with Crippen molar-refractivity contribution in [3.63, 3.8) is 0 Å². The summed E-state index contributed by atoms with van der Waals surface area (Å²) >= 11 is 2.79. The highest BCUT2D eigenvalue weighted by atomic mass is 79.9. The Morgan fingerprint density at radius 3 is 1.79 bits per heavy atom. The summed E-state index contributed by atoms with van der Waals surface area (Å²) in [6.07, 6.45) is 0. The number of hydrogen-bond acceptors (Lipinski definition) is 2. The normalized spacial score (nSPS) is 14.7. The molecule has 0 bridgehead atoms. The number of carbonyl (C=O) groups is 1. The first-order valence-corrected chi connectivity index (χ1v) is 8.63. The monoisotopic (exact) mass is 438 g/mol. The summed E-state index contributed by atoms with van der Waals surface area (Å²) in [5.41, 5.74) is -1.07. The predicted molar refractivity (Wildman–Crippen MR) is 76.9 cm³/mol. The number of halogens is 8. The fourth-order valence-electron chi connectivity index (χ4n) is 1.66. The Bertz CT molecular complexity index is 796. The molecule has 132 valence electrons. The van der Waals surface area contributed by atoms with Gasteiger partial charge in [-0.3, -0.25) is 0 Å². The first-order valence-electron chi connectivity index (χ1n) is 5.88. The van der Waals surface area contributed by atoms with Gasteiger partial charge in [-0.05, 0) is 36.4 Å². The van der Waals surface area contributed by atoms with Crippen LogP contribution in [0.4, 0.5) is 28.2 Å². The molecule has 0 aromatic heterocycles. The molecule has 2 nitrogen and oxygen atoms in total. The van der Waals surface area contributed by atoms with Crippen LogP contribution in [0.1, 0.15) is 10.4 Å². The van der Waals surface area contributed by atoms with Crippen LogP contribution in [0.2, 0.25) is 0 Å². The predicted octanol–water partition coefficient (Wildman–Crippen LogP) is 6.60.